The Morgan fingerprint density at radius 1 is 1.10 bits per heavy atom. The molecule has 1 aliphatic heterocycles. The van der Waals surface area contributed by atoms with Gasteiger partial charge in [-0.15, -0.1) is 0 Å². The maximum atomic E-state index is 10.9. The van der Waals surface area contributed by atoms with Crippen LogP contribution in [0.3, 0.4) is 0 Å². The summed E-state index contributed by atoms with van der Waals surface area (Å²) in [5.74, 6) is 0. The molecule has 6 nitrogen and oxygen atoms in total. The molecule has 1 fully saturated rings. The van der Waals surface area contributed by atoms with Gasteiger partial charge in [0.1, 0.15) is 6.54 Å². The first-order valence-corrected chi connectivity index (χ1v) is 10.0. The summed E-state index contributed by atoms with van der Waals surface area (Å²) in [6.07, 6.45) is 1.62. The third kappa shape index (κ3) is 4.55. The molecule has 148 valence electrons. The van der Waals surface area contributed by atoms with E-state index in [0.29, 0.717) is 10.6 Å². The number of benzene rings is 3. The van der Waals surface area contributed by atoms with Crippen molar-refractivity contribution in [3.05, 3.63) is 86.9 Å². The van der Waals surface area contributed by atoms with Crippen LogP contribution in [0, 0.1) is 10.1 Å². The van der Waals surface area contributed by atoms with Gasteiger partial charge in [-0.3, -0.25) is 15.1 Å². The van der Waals surface area contributed by atoms with Gasteiger partial charge in [0.05, 0.1) is 37.3 Å². The van der Waals surface area contributed by atoms with E-state index in [2.05, 4.69) is 47.6 Å². The van der Waals surface area contributed by atoms with E-state index in [1.165, 1.54) is 39.4 Å². The van der Waals surface area contributed by atoms with Crippen molar-refractivity contribution < 1.29 is 9.82 Å². The lowest BCUT2D eigenvalue weighted by Gasteiger charge is -2.30. The van der Waals surface area contributed by atoms with Gasteiger partial charge < -0.3 is 4.90 Å². The first-order valence-electron chi connectivity index (χ1n) is 9.63. The molecule has 1 N–H and O–H groups in total. The number of hydrazone groups is 1. The molecule has 3 aromatic carbocycles. The highest BCUT2D eigenvalue weighted by Gasteiger charge is 2.19. The molecule has 0 bridgehead atoms. The maximum Gasteiger partial charge on any atom is 0.270 e. The average Bonchev–Trinajstić information content (AvgIpc) is 2.74. The van der Waals surface area contributed by atoms with Crippen molar-refractivity contribution in [1.82, 2.24) is 5.01 Å². The summed E-state index contributed by atoms with van der Waals surface area (Å²) < 4.78 is 0. The summed E-state index contributed by atoms with van der Waals surface area (Å²) in [5.41, 5.74) is 1.95. The fourth-order valence-electron chi connectivity index (χ4n) is 3.71. The number of nitro benzene ring substituents is 1. The Morgan fingerprint density at radius 3 is 2.66 bits per heavy atom. The quantitative estimate of drug-likeness (QED) is 0.400. The van der Waals surface area contributed by atoms with E-state index in [1.807, 2.05) is 5.01 Å². The Hall–Kier alpha value is -2.96. The zero-order chi connectivity index (χ0) is 20.2. The predicted octanol–water partition coefficient (Wildman–Crippen LogP) is 3.14. The van der Waals surface area contributed by atoms with E-state index in [-0.39, 0.29) is 5.69 Å². The van der Waals surface area contributed by atoms with Gasteiger partial charge in [-0.05, 0) is 16.8 Å². The van der Waals surface area contributed by atoms with Crippen molar-refractivity contribution in [3.63, 3.8) is 0 Å². The fourth-order valence-corrected chi connectivity index (χ4v) is 3.87. The fraction of sp³-hybridized carbons (Fsp3) is 0.227. The Bertz CT molecular complexity index is 1060. The highest BCUT2D eigenvalue weighted by molar-refractivity contribution is 6.33. The standard InChI is InChI=1S/C22H21ClN4O2/c23-22-9-8-20(27(28)29)14-19(22)15-24-26-12-10-25(11-13-26)16-18-6-3-5-17-4-1-2-7-21(17)18/h1-9,14-15H,10-13,16H2/p+1/b24-15-. The van der Waals surface area contributed by atoms with Crippen LogP contribution in [-0.2, 0) is 6.54 Å². The minimum atomic E-state index is -0.427. The van der Waals surface area contributed by atoms with Crippen LogP contribution >= 0.6 is 11.6 Å². The van der Waals surface area contributed by atoms with Crippen LogP contribution in [0.1, 0.15) is 11.1 Å². The van der Waals surface area contributed by atoms with Crippen LogP contribution in [0.5, 0.6) is 0 Å². The number of fused-ring (bicyclic) bond motifs is 1. The molecule has 0 amide bonds. The van der Waals surface area contributed by atoms with Crippen molar-refractivity contribution in [2.45, 2.75) is 6.54 Å². The monoisotopic (exact) mass is 409 g/mol. The summed E-state index contributed by atoms with van der Waals surface area (Å²) in [6.45, 7) is 4.65. The molecule has 29 heavy (non-hydrogen) atoms. The van der Waals surface area contributed by atoms with E-state index < -0.39 is 4.92 Å². The third-order valence-corrected chi connectivity index (χ3v) is 5.66. The second kappa shape index (κ2) is 8.59. The van der Waals surface area contributed by atoms with Crippen LogP contribution in [0.15, 0.2) is 65.8 Å². The van der Waals surface area contributed by atoms with Crippen molar-refractivity contribution in [1.29, 1.82) is 0 Å². The molecule has 0 aliphatic carbocycles. The summed E-state index contributed by atoms with van der Waals surface area (Å²) in [4.78, 5) is 12.0. The van der Waals surface area contributed by atoms with Crippen LogP contribution in [-0.4, -0.2) is 42.3 Å². The molecule has 7 heteroatoms. The van der Waals surface area contributed by atoms with Gasteiger partial charge in [-0.25, -0.2) is 0 Å². The zero-order valence-corrected chi connectivity index (χ0v) is 16.7. The van der Waals surface area contributed by atoms with Crippen LogP contribution < -0.4 is 4.90 Å². The largest absolute Gasteiger partial charge is 0.328 e. The van der Waals surface area contributed by atoms with Crippen LogP contribution in [0.4, 0.5) is 5.69 Å². The number of halogens is 1. The maximum absolute atomic E-state index is 10.9. The molecular weight excluding hydrogens is 388 g/mol. The van der Waals surface area contributed by atoms with Gasteiger partial charge in [0.2, 0.25) is 0 Å². The first-order chi connectivity index (χ1) is 14.1. The van der Waals surface area contributed by atoms with Gasteiger partial charge in [0.15, 0.2) is 0 Å². The van der Waals surface area contributed by atoms with E-state index >= 15 is 0 Å². The molecule has 0 atom stereocenters. The molecule has 0 spiro atoms. The SMILES string of the molecule is O=[N+]([O-])c1ccc(Cl)c(/C=N\N2CC[NH+](Cc3cccc4ccccc34)CC2)c1. The number of quaternary nitrogens is 1. The second-order valence-electron chi connectivity index (χ2n) is 7.23. The Labute approximate surface area is 174 Å². The lowest BCUT2D eigenvalue weighted by atomic mass is 10.0. The number of rotatable bonds is 5. The normalized spacial score (nSPS) is 15.3. The molecule has 0 radical (unpaired) electrons. The zero-order valence-electron chi connectivity index (χ0n) is 15.9. The van der Waals surface area contributed by atoms with Crippen molar-refractivity contribution in [3.8, 4) is 0 Å². The summed E-state index contributed by atoms with van der Waals surface area (Å²) in [6, 6.07) is 19.4. The topological polar surface area (TPSA) is 63.2 Å². The number of nitro groups is 1. The number of nitrogens with one attached hydrogen (secondary N) is 1. The third-order valence-electron chi connectivity index (χ3n) is 5.32. The van der Waals surface area contributed by atoms with Gasteiger partial charge in [-0.2, -0.15) is 5.10 Å². The van der Waals surface area contributed by atoms with Gasteiger partial charge in [0.25, 0.3) is 5.69 Å². The van der Waals surface area contributed by atoms with Crippen molar-refractivity contribution in [2.24, 2.45) is 5.10 Å². The summed E-state index contributed by atoms with van der Waals surface area (Å²) in [5, 5.41) is 20.5. The van der Waals surface area contributed by atoms with E-state index in [1.54, 1.807) is 6.21 Å². The molecule has 0 aromatic heterocycles. The lowest BCUT2D eigenvalue weighted by Crippen LogP contribution is -3.13. The van der Waals surface area contributed by atoms with Gasteiger partial charge in [0, 0.05) is 28.3 Å². The molecule has 4 rings (SSSR count). The molecule has 1 aliphatic rings. The minimum Gasteiger partial charge on any atom is -0.328 e. The molecule has 1 heterocycles. The first kappa shape index (κ1) is 19.4. The highest BCUT2D eigenvalue weighted by Crippen LogP contribution is 2.21. The molecule has 1 saturated heterocycles. The van der Waals surface area contributed by atoms with E-state index in [0.717, 1.165) is 32.7 Å². The molecular formula is C22H22ClN4O2+. The smallest absolute Gasteiger partial charge is 0.270 e. The van der Waals surface area contributed by atoms with E-state index in [4.69, 9.17) is 11.6 Å². The van der Waals surface area contributed by atoms with Gasteiger partial charge in [-0.1, -0.05) is 54.1 Å². The van der Waals surface area contributed by atoms with E-state index in [9.17, 15) is 10.1 Å². The van der Waals surface area contributed by atoms with Crippen molar-refractivity contribution >= 4 is 34.3 Å². The average molecular weight is 410 g/mol. The number of nitrogens with zero attached hydrogens (tertiary/aromatic N) is 3. The highest BCUT2D eigenvalue weighted by atomic mass is 35.5. The Balaban J connectivity index is 1.38. The number of piperazine rings is 1. The Kier molecular flexibility index (Phi) is 5.74. The second-order valence-corrected chi connectivity index (χ2v) is 7.63. The number of non-ortho nitro benzene ring substituents is 1. The molecule has 0 saturated carbocycles. The van der Waals surface area contributed by atoms with Gasteiger partial charge >= 0.3 is 0 Å². The summed E-state index contributed by atoms with van der Waals surface area (Å²) >= 11 is 6.14. The number of hydrogen-bond acceptors (Lipinski definition) is 4. The molecule has 3 aromatic rings. The summed E-state index contributed by atoms with van der Waals surface area (Å²) in [7, 11) is 0. The van der Waals surface area contributed by atoms with Crippen LogP contribution in [0.2, 0.25) is 5.02 Å². The van der Waals surface area contributed by atoms with Crippen molar-refractivity contribution in [2.75, 3.05) is 26.2 Å². The predicted molar refractivity (Wildman–Crippen MR) is 116 cm³/mol. The Morgan fingerprint density at radius 2 is 1.86 bits per heavy atom. The number of hydrogen-bond donors (Lipinski definition) is 1. The lowest BCUT2D eigenvalue weighted by molar-refractivity contribution is -0.918. The van der Waals surface area contributed by atoms with Crippen LogP contribution in [0.25, 0.3) is 10.8 Å². The minimum absolute atomic E-state index is 0.0141. The molecule has 0 unspecified atom stereocenters.